The summed E-state index contributed by atoms with van der Waals surface area (Å²) in [6, 6.07) is 0.743. The van der Waals surface area contributed by atoms with E-state index in [1.165, 1.54) is 32.6 Å². The molecule has 0 bridgehead atoms. The van der Waals surface area contributed by atoms with Gasteiger partial charge in [0.15, 0.2) is 0 Å². The van der Waals surface area contributed by atoms with Gasteiger partial charge in [-0.05, 0) is 40.0 Å². The van der Waals surface area contributed by atoms with Gasteiger partial charge in [0.05, 0.1) is 0 Å². The van der Waals surface area contributed by atoms with Gasteiger partial charge in [-0.2, -0.15) is 0 Å². The van der Waals surface area contributed by atoms with Gasteiger partial charge >= 0.3 is 0 Å². The van der Waals surface area contributed by atoms with Crippen molar-refractivity contribution in [3.63, 3.8) is 0 Å². The van der Waals surface area contributed by atoms with Crippen molar-refractivity contribution >= 4 is 0 Å². The Labute approximate surface area is 70.2 Å². The normalized spacial score (nSPS) is 30.3. The topological polar surface area (TPSA) is 6.48 Å². The third-order valence-electron chi connectivity index (χ3n) is 2.59. The Kier molecular flexibility index (Phi) is 3.34. The van der Waals surface area contributed by atoms with E-state index < -0.39 is 0 Å². The maximum absolute atomic E-state index is 2.56. The average Bonchev–Trinajstić information content (AvgIpc) is 2.11. The summed E-state index contributed by atoms with van der Waals surface area (Å²) in [6.07, 6.45) is 1.33. The fourth-order valence-electron chi connectivity index (χ4n) is 1.89. The molecule has 0 aromatic heterocycles. The molecule has 2 heteroatoms. The highest BCUT2D eigenvalue weighted by atomic mass is 15.2. The van der Waals surface area contributed by atoms with Crippen LogP contribution >= 0.6 is 0 Å². The van der Waals surface area contributed by atoms with Gasteiger partial charge in [-0.3, -0.25) is 4.90 Å². The van der Waals surface area contributed by atoms with Crippen LogP contribution in [0.5, 0.6) is 0 Å². The Morgan fingerprint density at radius 3 is 2.73 bits per heavy atom. The monoisotopic (exact) mass is 156 g/mol. The molecule has 0 radical (unpaired) electrons. The molecule has 1 atom stereocenters. The predicted molar refractivity (Wildman–Crippen MR) is 48.8 cm³/mol. The lowest BCUT2D eigenvalue weighted by Crippen LogP contribution is -2.37. The Bertz CT molecular complexity index is 114. The molecular weight excluding hydrogens is 136 g/mol. The van der Waals surface area contributed by atoms with Crippen LogP contribution in [0.15, 0.2) is 0 Å². The van der Waals surface area contributed by atoms with Gasteiger partial charge in [0.1, 0.15) is 0 Å². The highest BCUT2D eigenvalue weighted by Crippen LogP contribution is 2.06. The summed E-state index contributed by atoms with van der Waals surface area (Å²) in [5, 5.41) is 0. The van der Waals surface area contributed by atoms with Crippen LogP contribution in [0.3, 0.4) is 0 Å². The molecule has 1 aliphatic rings. The van der Waals surface area contributed by atoms with E-state index in [2.05, 4.69) is 30.7 Å². The summed E-state index contributed by atoms with van der Waals surface area (Å²) >= 11 is 0. The number of likely N-dealkylation sites (N-methyl/N-ethyl adjacent to an activating group) is 2. The van der Waals surface area contributed by atoms with Gasteiger partial charge in [-0.25, -0.2) is 0 Å². The van der Waals surface area contributed by atoms with Crippen molar-refractivity contribution in [3.05, 3.63) is 0 Å². The van der Waals surface area contributed by atoms with E-state index in [1.54, 1.807) is 0 Å². The summed E-state index contributed by atoms with van der Waals surface area (Å²) in [5.74, 6) is 0. The SMILES string of the molecule is CCN1CCCN(C)CC1C. The molecule has 1 heterocycles. The average molecular weight is 156 g/mol. The Morgan fingerprint density at radius 2 is 2.09 bits per heavy atom. The minimum Gasteiger partial charge on any atom is -0.305 e. The van der Waals surface area contributed by atoms with Crippen molar-refractivity contribution in [2.75, 3.05) is 33.2 Å². The maximum atomic E-state index is 2.56. The first-order valence-corrected chi connectivity index (χ1v) is 4.66. The summed E-state index contributed by atoms with van der Waals surface area (Å²) in [5.41, 5.74) is 0. The lowest BCUT2D eigenvalue weighted by atomic mass is 10.3. The van der Waals surface area contributed by atoms with Crippen LogP contribution in [-0.2, 0) is 0 Å². The van der Waals surface area contributed by atoms with Crippen LogP contribution in [0, 0.1) is 0 Å². The number of hydrogen-bond donors (Lipinski definition) is 0. The molecule has 66 valence electrons. The molecule has 1 fully saturated rings. The van der Waals surface area contributed by atoms with E-state index in [9.17, 15) is 0 Å². The number of nitrogens with zero attached hydrogens (tertiary/aromatic N) is 2. The fraction of sp³-hybridized carbons (Fsp3) is 1.00. The molecule has 0 aromatic rings. The Balaban J connectivity index is 2.43. The molecule has 2 nitrogen and oxygen atoms in total. The van der Waals surface area contributed by atoms with E-state index in [4.69, 9.17) is 0 Å². The van der Waals surface area contributed by atoms with E-state index in [0.29, 0.717) is 0 Å². The number of hydrogen-bond acceptors (Lipinski definition) is 2. The third kappa shape index (κ3) is 2.46. The lowest BCUT2D eigenvalue weighted by molar-refractivity contribution is 0.212. The first-order chi connectivity index (χ1) is 5.24. The number of rotatable bonds is 1. The molecule has 1 unspecified atom stereocenters. The van der Waals surface area contributed by atoms with Crippen molar-refractivity contribution in [2.24, 2.45) is 0 Å². The van der Waals surface area contributed by atoms with Gasteiger partial charge in [0.25, 0.3) is 0 Å². The van der Waals surface area contributed by atoms with Crippen LogP contribution in [0.2, 0.25) is 0 Å². The molecule has 0 amide bonds. The van der Waals surface area contributed by atoms with Crippen molar-refractivity contribution < 1.29 is 0 Å². The zero-order chi connectivity index (χ0) is 8.27. The summed E-state index contributed by atoms with van der Waals surface area (Å²) in [6.45, 7) is 9.55. The molecule has 1 saturated heterocycles. The standard InChI is InChI=1S/C9H20N2/c1-4-11-7-5-6-10(3)8-9(11)2/h9H,4-8H2,1-3H3. The molecule has 11 heavy (non-hydrogen) atoms. The van der Waals surface area contributed by atoms with Gasteiger partial charge < -0.3 is 4.90 Å². The summed E-state index contributed by atoms with van der Waals surface area (Å²) in [4.78, 5) is 4.99. The van der Waals surface area contributed by atoms with Gasteiger partial charge in [-0.15, -0.1) is 0 Å². The second kappa shape index (κ2) is 4.07. The van der Waals surface area contributed by atoms with Crippen molar-refractivity contribution in [2.45, 2.75) is 26.3 Å². The third-order valence-corrected chi connectivity index (χ3v) is 2.59. The maximum Gasteiger partial charge on any atom is 0.0194 e. The largest absolute Gasteiger partial charge is 0.305 e. The molecule has 0 aromatic carbocycles. The second-order valence-electron chi connectivity index (χ2n) is 3.59. The zero-order valence-electron chi connectivity index (χ0n) is 8.01. The summed E-state index contributed by atoms with van der Waals surface area (Å²) in [7, 11) is 2.22. The van der Waals surface area contributed by atoms with E-state index >= 15 is 0 Å². The van der Waals surface area contributed by atoms with E-state index in [-0.39, 0.29) is 0 Å². The highest BCUT2D eigenvalue weighted by molar-refractivity contribution is 4.73. The second-order valence-corrected chi connectivity index (χ2v) is 3.59. The first-order valence-electron chi connectivity index (χ1n) is 4.66. The highest BCUT2D eigenvalue weighted by Gasteiger charge is 2.17. The van der Waals surface area contributed by atoms with Gasteiger partial charge in [-0.1, -0.05) is 6.92 Å². The molecule has 0 aliphatic carbocycles. The molecule has 1 aliphatic heterocycles. The minimum atomic E-state index is 0.743. The fourth-order valence-corrected chi connectivity index (χ4v) is 1.89. The van der Waals surface area contributed by atoms with Crippen LogP contribution in [0.4, 0.5) is 0 Å². The molecular formula is C9H20N2. The first kappa shape index (κ1) is 9.01. The molecule has 0 N–H and O–H groups in total. The van der Waals surface area contributed by atoms with Crippen molar-refractivity contribution in [1.82, 2.24) is 9.80 Å². The molecule has 0 spiro atoms. The predicted octanol–water partition coefficient (Wildman–Crippen LogP) is 1.03. The molecule has 0 saturated carbocycles. The minimum absolute atomic E-state index is 0.743. The van der Waals surface area contributed by atoms with Crippen LogP contribution < -0.4 is 0 Å². The zero-order valence-corrected chi connectivity index (χ0v) is 8.01. The van der Waals surface area contributed by atoms with Gasteiger partial charge in [0.2, 0.25) is 0 Å². The smallest absolute Gasteiger partial charge is 0.0194 e. The van der Waals surface area contributed by atoms with Crippen LogP contribution in [-0.4, -0.2) is 49.1 Å². The van der Waals surface area contributed by atoms with E-state index in [0.717, 1.165) is 6.04 Å². The van der Waals surface area contributed by atoms with E-state index in [1.807, 2.05) is 0 Å². The van der Waals surface area contributed by atoms with Crippen molar-refractivity contribution in [3.8, 4) is 0 Å². The van der Waals surface area contributed by atoms with Crippen molar-refractivity contribution in [1.29, 1.82) is 0 Å². The molecule has 1 rings (SSSR count). The van der Waals surface area contributed by atoms with Crippen LogP contribution in [0.25, 0.3) is 0 Å². The lowest BCUT2D eigenvalue weighted by Gasteiger charge is -2.26. The quantitative estimate of drug-likeness (QED) is 0.559. The van der Waals surface area contributed by atoms with Gasteiger partial charge in [0, 0.05) is 12.6 Å². The Hall–Kier alpha value is -0.0800. The Morgan fingerprint density at radius 1 is 1.36 bits per heavy atom. The summed E-state index contributed by atoms with van der Waals surface area (Å²) < 4.78 is 0. The van der Waals surface area contributed by atoms with Crippen LogP contribution in [0.1, 0.15) is 20.3 Å².